The lowest BCUT2D eigenvalue weighted by Gasteiger charge is -2.19. The minimum Gasteiger partial charge on any atom is -0.442 e. The highest BCUT2D eigenvalue weighted by Crippen LogP contribution is 2.23. The van der Waals surface area contributed by atoms with Crippen LogP contribution < -0.4 is 5.32 Å². The molecule has 0 spiro atoms. The number of aromatic nitrogens is 4. The average Bonchev–Trinajstić information content (AvgIpc) is 3.22. The molecule has 9 heteroatoms. The third-order valence-electron chi connectivity index (χ3n) is 3.98. The molecule has 0 saturated heterocycles. The molecule has 3 aromatic rings. The molecule has 1 N–H and O–H groups in total. The summed E-state index contributed by atoms with van der Waals surface area (Å²) in [5.74, 6) is 0.738. The van der Waals surface area contributed by atoms with Gasteiger partial charge in [0.25, 0.3) is 0 Å². The molecule has 9 nitrogen and oxygen atoms in total. The topological polar surface area (TPSA) is 100 Å². The first-order valence-corrected chi connectivity index (χ1v) is 9.52. The first kappa shape index (κ1) is 21.1. The highest BCUT2D eigenvalue weighted by molar-refractivity contribution is 5.89. The van der Waals surface area contributed by atoms with Gasteiger partial charge in [0.2, 0.25) is 0 Å². The van der Waals surface area contributed by atoms with Crippen LogP contribution in [0.1, 0.15) is 40.3 Å². The van der Waals surface area contributed by atoms with Crippen LogP contribution in [0.25, 0.3) is 16.6 Å². The van der Waals surface area contributed by atoms with E-state index in [2.05, 4.69) is 22.1 Å². The molecule has 0 aliphatic heterocycles. The minimum absolute atomic E-state index is 0.283. The van der Waals surface area contributed by atoms with Crippen LogP contribution in [-0.2, 0) is 15.9 Å². The molecular weight excluding hydrogens is 386 g/mol. The van der Waals surface area contributed by atoms with Crippen LogP contribution in [0.5, 0.6) is 0 Å². The molecule has 0 bridgehead atoms. The van der Waals surface area contributed by atoms with Crippen molar-refractivity contribution in [2.24, 2.45) is 0 Å². The maximum absolute atomic E-state index is 12.4. The molecule has 0 unspecified atom stereocenters. The number of amides is 1. The number of benzene rings is 1. The Morgan fingerprint density at radius 3 is 2.60 bits per heavy atom. The van der Waals surface area contributed by atoms with Crippen molar-refractivity contribution in [1.82, 2.24) is 19.6 Å². The number of ether oxygens (including phenoxy) is 2. The van der Waals surface area contributed by atoms with E-state index in [9.17, 15) is 9.59 Å². The molecule has 0 radical (unpaired) electrons. The Balaban J connectivity index is 1.96. The summed E-state index contributed by atoms with van der Waals surface area (Å²) in [6, 6.07) is 7.14. The number of nitrogens with zero attached hydrogens (tertiary/aromatic N) is 4. The van der Waals surface area contributed by atoms with E-state index in [1.807, 2.05) is 13.0 Å². The molecule has 0 fully saturated rings. The van der Waals surface area contributed by atoms with Crippen molar-refractivity contribution in [3.05, 3.63) is 48.5 Å². The van der Waals surface area contributed by atoms with Crippen LogP contribution in [0.3, 0.4) is 0 Å². The molecule has 1 aromatic carbocycles. The summed E-state index contributed by atoms with van der Waals surface area (Å²) in [5.41, 5.74) is 1.47. The van der Waals surface area contributed by atoms with Gasteiger partial charge in [-0.3, -0.25) is 5.32 Å². The molecular formula is C21H25N5O4. The van der Waals surface area contributed by atoms with Crippen molar-refractivity contribution < 1.29 is 19.1 Å². The van der Waals surface area contributed by atoms with Crippen LogP contribution in [0.4, 0.5) is 15.4 Å². The van der Waals surface area contributed by atoms with E-state index in [-0.39, 0.29) is 5.76 Å². The number of anilines is 1. The lowest BCUT2D eigenvalue weighted by Crippen LogP contribution is -2.27. The zero-order valence-electron chi connectivity index (χ0n) is 17.7. The van der Waals surface area contributed by atoms with Crippen molar-refractivity contribution in [2.45, 2.75) is 46.6 Å². The van der Waals surface area contributed by atoms with E-state index in [4.69, 9.17) is 9.47 Å². The van der Waals surface area contributed by atoms with Gasteiger partial charge in [-0.05, 0) is 52.3 Å². The van der Waals surface area contributed by atoms with Crippen molar-refractivity contribution in [3.8, 4) is 5.69 Å². The Morgan fingerprint density at radius 2 is 1.97 bits per heavy atom. The van der Waals surface area contributed by atoms with Gasteiger partial charge in [0.05, 0.1) is 28.9 Å². The molecule has 2 aromatic heterocycles. The second-order valence-electron chi connectivity index (χ2n) is 7.78. The van der Waals surface area contributed by atoms with E-state index < -0.39 is 17.8 Å². The van der Waals surface area contributed by atoms with Crippen molar-refractivity contribution in [1.29, 1.82) is 0 Å². The molecule has 0 saturated carbocycles. The van der Waals surface area contributed by atoms with Gasteiger partial charge in [-0.25, -0.2) is 14.3 Å². The first-order valence-electron chi connectivity index (χ1n) is 9.52. The van der Waals surface area contributed by atoms with Gasteiger partial charge in [-0.15, -0.1) is 0 Å². The third kappa shape index (κ3) is 4.68. The fourth-order valence-corrected chi connectivity index (χ4v) is 2.78. The minimum atomic E-state index is -0.648. The quantitative estimate of drug-likeness (QED) is 0.627. The summed E-state index contributed by atoms with van der Waals surface area (Å²) in [6.45, 7) is 12.5. The molecule has 30 heavy (non-hydrogen) atoms. The van der Waals surface area contributed by atoms with Crippen LogP contribution >= 0.6 is 0 Å². The normalized spacial score (nSPS) is 11.4. The Labute approximate surface area is 174 Å². The van der Waals surface area contributed by atoms with E-state index in [0.29, 0.717) is 23.4 Å². The SMILES string of the molecule is C=C(C)OC(=O)Nc1cc(CC)nn1-c1ccc2c(cnn2C(=O)OC(C)(C)C)c1. The Bertz CT molecular complexity index is 1120. The second kappa shape index (κ2) is 8.02. The number of hydrogen-bond acceptors (Lipinski definition) is 6. The number of nitrogens with one attached hydrogen (secondary N) is 1. The number of aryl methyl sites for hydroxylation is 1. The monoisotopic (exact) mass is 411 g/mol. The Kier molecular flexibility index (Phi) is 5.64. The highest BCUT2D eigenvalue weighted by Gasteiger charge is 2.20. The van der Waals surface area contributed by atoms with E-state index >= 15 is 0 Å². The van der Waals surface area contributed by atoms with Gasteiger partial charge in [-0.1, -0.05) is 13.5 Å². The fraction of sp³-hybridized carbons (Fsp3) is 0.333. The summed E-state index contributed by atoms with van der Waals surface area (Å²) in [5, 5.41) is 12.1. The van der Waals surface area contributed by atoms with Gasteiger partial charge in [0, 0.05) is 11.5 Å². The summed E-state index contributed by atoms with van der Waals surface area (Å²) in [6.07, 6.45) is 1.07. The largest absolute Gasteiger partial charge is 0.442 e. The maximum Gasteiger partial charge on any atom is 0.435 e. The van der Waals surface area contributed by atoms with Crippen LogP contribution in [0.15, 0.2) is 42.8 Å². The number of hydrogen-bond donors (Lipinski definition) is 1. The third-order valence-corrected chi connectivity index (χ3v) is 3.98. The molecule has 158 valence electrons. The van der Waals surface area contributed by atoms with Crippen molar-refractivity contribution in [3.63, 3.8) is 0 Å². The Morgan fingerprint density at radius 1 is 1.23 bits per heavy atom. The first-order chi connectivity index (χ1) is 14.1. The van der Waals surface area contributed by atoms with Gasteiger partial charge in [0.15, 0.2) is 0 Å². The van der Waals surface area contributed by atoms with Gasteiger partial charge < -0.3 is 9.47 Å². The number of carbonyl (C=O) groups is 2. The molecule has 0 atom stereocenters. The number of carbonyl (C=O) groups excluding carboxylic acids is 2. The standard InChI is InChI=1S/C21H25N5O4/c1-7-15-11-18(23-19(27)29-13(2)3)25(24-15)16-8-9-17-14(10-16)12-22-26(17)20(28)30-21(4,5)6/h8-12H,2,7H2,1,3-6H3,(H,23,27). The maximum atomic E-state index is 12.4. The smallest absolute Gasteiger partial charge is 0.435 e. The van der Waals surface area contributed by atoms with Gasteiger partial charge >= 0.3 is 12.2 Å². The predicted molar refractivity (Wildman–Crippen MR) is 113 cm³/mol. The zero-order chi connectivity index (χ0) is 22.1. The van der Waals surface area contributed by atoms with Gasteiger partial charge in [0.1, 0.15) is 11.4 Å². The summed E-state index contributed by atoms with van der Waals surface area (Å²) in [7, 11) is 0. The van der Waals surface area contributed by atoms with Gasteiger partial charge in [-0.2, -0.15) is 14.9 Å². The molecule has 1 amide bonds. The molecule has 0 aliphatic carbocycles. The Hall–Kier alpha value is -3.62. The van der Waals surface area contributed by atoms with Crippen LogP contribution in [-0.4, -0.2) is 37.3 Å². The average molecular weight is 411 g/mol. The summed E-state index contributed by atoms with van der Waals surface area (Å²) in [4.78, 5) is 24.4. The van der Waals surface area contributed by atoms with Crippen molar-refractivity contribution >= 4 is 28.9 Å². The van der Waals surface area contributed by atoms with E-state index in [0.717, 1.165) is 11.1 Å². The fourth-order valence-electron chi connectivity index (χ4n) is 2.78. The second-order valence-corrected chi connectivity index (χ2v) is 7.78. The zero-order valence-corrected chi connectivity index (χ0v) is 17.7. The van der Waals surface area contributed by atoms with Crippen molar-refractivity contribution in [2.75, 3.05) is 5.32 Å². The number of allylic oxidation sites excluding steroid dienone is 1. The summed E-state index contributed by atoms with van der Waals surface area (Å²) < 4.78 is 13.2. The van der Waals surface area contributed by atoms with E-state index in [1.165, 1.54) is 4.68 Å². The van der Waals surface area contributed by atoms with Crippen LogP contribution in [0.2, 0.25) is 0 Å². The predicted octanol–water partition coefficient (Wildman–Crippen LogP) is 4.65. The number of fused-ring (bicyclic) bond motifs is 1. The summed E-state index contributed by atoms with van der Waals surface area (Å²) >= 11 is 0. The lowest BCUT2D eigenvalue weighted by molar-refractivity contribution is 0.0522. The van der Waals surface area contributed by atoms with E-state index in [1.54, 1.807) is 56.8 Å². The lowest BCUT2D eigenvalue weighted by atomic mass is 10.2. The molecule has 0 aliphatic rings. The number of rotatable bonds is 4. The molecule has 2 heterocycles. The highest BCUT2D eigenvalue weighted by atomic mass is 16.6. The molecule has 3 rings (SSSR count). The van der Waals surface area contributed by atoms with Crippen LogP contribution in [0, 0.1) is 0 Å².